The second kappa shape index (κ2) is 10.4. The molecule has 5 rings (SSSR count). The zero-order valence-electron chi connectivity index (χ0n) is 19.0. The van der Waals surface area contributed by atoms with E-state index in [4.69, 9.17) is 9.73 Å². The summed E-state index contributed by atoms with van der Waals surface area (Å²) in [5.41, 5.74) is 3.15. The highest BCUT2D eigenvalue weighted by Crippen LogP contribution is 2.28. The number of benzene rings is 3. The van der Waals surface area contributed by atoms with Crippen LogP contribution in [0.25, 0.3) is 11.8 Å². The van der Waals surface area contributed by atoms with Gasteiger partial charge in [-0.25, -0.2) is 4.99 Å². The Bertz CT molecular complexity index is 1370. The number of tetrazole rings is 1. The molecule has 0 unspecified atom stereocenters. The molecule has 35 heavy (non-hydrogen) atoms. The lowest BCUT2D eigenvalue weighted by Crippen LogP contribution is -2.30. The fourth-order valence-electron chi connectivity index (χ4n) is 3.60. The number of carbonyl (C=O) groups excluding carboxylic acids is 1. The van der Waals surface area contributed by atoms with Crippen LogP contribution in [0, 0.1) is 0 Å². The molecular weight excluding hydrogens is 460 g/mol. The lowest BCUT2D eigenvalue weighted by molar-refractivity contribution is -0.122. The van der Waals surface area contributed by atoms with Gasteiger partial charge in [-0.3, -0.25) is 9.69 Å². The maximum atomic E-state index is 13.4. The molecule has 0 atom stereocenters. The Morgan fingerprint density at radius 3 is 2.37 bits per heavy atom. The van der Waals surface area contributed by atoms with Gasteiger partial charge in [0.2, 0.25) is 0 Å². The van der Waals surface area contributed by atoms with E-state index < -0.39 is 0 Å². The topological polar surface area (TPSA) is 85.5 Å². The van der Waals surface area contributed by atoms with Gasteiger partial charge in [0.1, 0.15) is 11.4 Å². The van der Waals surface area contributed by atoms with Crippen molar-refractivity contribution in [2.24, 2.45) is 4.99 Å². The fraction of sp³-hybridized carbons (Fsp3) is 0.115. The maximum absolute atomic E-state index is 13.4. The molecule has 0 fully saturated rings. The molecule has 1 amide bonds. The van der Waals surface area contributed by atoms with E-state index in [1.165, 1.54) is 11.8 Å². The lowest BCUT2D eigenvalue weighted by Gasteiger charge is -2.17. The molecule has 1 aromatic heterocycles. The van der Waals surface area contributed by atoms with E-state index in [0.29, 0.717) is 29.0 Å². The number of carbonyl (C=O) groups is 1. The number of methoxy groups -OCH3 is 1. The molecule has 9 heteroatoms. The van der Waals surface area contributed by atoms with Gasteiger partial charge in [-0.2, -0.15) is 4.68 Å². The SMILES string of the molecule is COc1ccc(/C=C2\N=C(SCc3nnnn3-c3ccccc3)N(Cc3ccccc3)C2=O)cc1. The quantitative estimate of drug-likeness (QED) is 0.364. The van der Waals surface area contributed by atoms with Crippen LogP contribution in [-0.4, -0.2) is 43.3 Å². The van der Waals surface area contributed by atoms with Crippen molar-refractivity contribution in [2.75, 3.05) is 7.11 Å². The third-order valence-corrected chi connectivity index (χ3v) is 6.35. The minimum Gasteiger partial charge on any atom is -0.497 e. The summed E-state index contributed by atoms with van der Waals surface area (Å²) in [7, 11) is 1.62. The summed E-state index contributed by atoms with van der Waals surface area (Å²) in [6.45, 7) is 0.426. The number of ether oxygens (including phenoxy) is 1. The van der Waals surface area contributed by atoms with E-state index in [-0.39, 0.29) is 5.91 Å². The van der Waals surface area contributed by atoms with E-state index in [9.17, 15) is 4.79 Å². The van der Waals surface area contributed by atoms with E-state index in [1.54, 1.807) is 22.8 Å². The summed E-state index contributed by atoms with van der Waals surface area (Å²) >= 11 is 1.43. The van der Waals surface area contributed by atoms with Gasteiger partial charge in [-0.05, 0) is 51.9 Å². The highest BCUT2D eigenvalue weighted by Gasteiger charge is 2.31. The predicted molar refractivity (Wildman–Crippen MR) is 136 cm³/mol. The van der Waals surface area contributed by atoms with Crippen LogP contribution in [0.2, 0.25) is 0 Å². The van der Waals surface area contributed by atoms with Crippen molar-refractivity contribution in [3.05, 3.63) is 108 Å². The molecule has 0 spiro atoms. The normalized spacial score (nSPS) is 14.4. The molecule has 0 N–H and O–H groups in total. The Balaban J connectivity index is 1.41. The first-order valence-corrected chi connectivity index (χ1v) is 12.0. The number of rotatable bonds is 7. The van der Waals surface area contributed by atoms with Crippen molar-refractivity contribution >= 4 is 28.9 Å². The number of hydrogen-bond donors (Lipinski definition) is 0. The second-order valence-corrected chi connectivity index (χ2v) is 8.65. The van der Waals surface area contributed by atoms with Crippen LogP contribution in [0.15, 0.2) is 95.6 Å². The standard InChI is InChI=1S/C26H22N6O2S/c1-34-22-14-12-19(13-15-22)16-23-25(33)31(17-20-8-4-2-5-9-20)26(27-23)35-18-24-28-29-30-32(24)21-10-6-3-7-11-21/h2-16H,17-18H2,1H3/b23-16-. The predicted octanol–water partition coefficient (Wildman–Crippen LogP) is 4.34. The molecule has 0 aliphatic carbocycles. The monoisotopic (exact) mass is 482 g/mol. The molecule has 0 saturated heterocycles. The first-order valence-electron chi connectivity index (χ1n) is 11.0. The third-order valence-electron chi connectivity index (χ3n) is 5.38. The van der Waals surface area contributed by atoms with Crippen LogP contribution in [0.1, 0.15) is 17.0 Å². The Kier molecular flexibility index (Phi) is 6.67. The van der Waals surface area contributed by atoms with Crippen molar-refractivity contribution in [3.8, 4) is 11.4 Å². The Hall–Kier alpha value is -4.24. The molecule has 2 heterocycles. The molecule has 4 aromatic rings. The molecule has 1 aliphatic heterocycles. The third kappa shape index (κ3) is 5.15. The highest BCUT2D eigenvalue weighted by molar-refractivity contribution is 8.13. The highest BCUT2D eigenvalue weighted by atomic mass is 32.2. The van der Waals surface area contributed by atoms with Crippen molar-refractivity contribution in [1.29, 1.82) is 0 Å². The first kappa shape index (κ1) is 22.5. The average molecular weight is 483 g/mol. The number of nitrogens with zero attached hydrogens (tertiary/aromatic N) is 6. The van der Waals surface area contributed by atoms with Gasteiger partial charge in [0.25, 0.3) is 5.91 Å². The summed E-state index contributed by atoms with van der Waals surface area (Å²) in [6.07, 6.45) is 1.79. The van der Waals surface area contributed by atoms with Crippen LogP contribution >= 0.6 is 11.8 Å². The first-order chi connectivity index (χ1) is 17.2. The van der Waals surface area contributed by atoms with Crippen molar-refractivity contribution in [1.82, 2.24) is 25.1 Å². The Morgan fingerprint density at radius 1 is 0.943 bits per heavy atom. The van der Waals surface area contributed by atoms with Crippen molar-refractivity contribution in [2.45, 2.75) is 12.3 Å². The number of thioether (sulfide) groups is 1. The molecule has 3 aromatic carbocycles. The lowest BCUT2D eigenvalue weighted by atomic mass is 10.1. The summed E-state index contributed by atoms with van der Waals surface area (Å²) in [5, 5.41) is 12.7. The van der Waals surface area contributed by atoms with Gasteiger partial charge in [0.05, 0.1) is 25.1 Å². The summed E-state index contributed by atoms with van der Waals surface area (Å²) in [4.78, 5) is 19.8. The Morgan fingerprint density at radius 2 is 1.66 bits per heavy atom. The van der Waals surface area contributed by atoms with E-state index in [1.807, 2.05) is 84.9 Å². The molecule has 1 aliphatic rings. The van der Waals surface area contributed by atoms with Crippen molar-refractivity contribution in [3.63, 3.8) is 0 Å². The van der Waals surface area contributed by atoms with Gasteiger partial charge in [0.15, 0.2) is 11.0 Å². The van der Waals surface area contributed by atoms with Gasteiger partial charge in [0, 0.05) is 0 Å². The average Bonchev–Trinajstić information content (AvgIpc) is 3.49. The zero-order chi connectivity index (χ0) is 24.0. The smallest absolute Gasteiger partial charge is 0.278 e. The van der Waals surface area contributed by atoms with Crippen LogP contribution < -0.4 is 4.74 Å². The summed E-state index contributed by atoms with van der Waals surface area (Å²) in [5.74, 6) is 1.74. The van der Waals surface area contributed by atoms with Crippen LogP contribution in [-0.2, 0) is 17.1 Å². The van der Waals surface area contributed by atoms with Crippen LogP contribution in [0.4, 0.5) is 0 Å². The maximum Gasteiger partial charge on any atom is 0.278 e. The number of amidine groups is 1. The van der Waals surface area contributed by atoms with Crippen LogP contribution in [0.3, 0.4) is 0 Å². The zero-order valence-corrected chi connectivity index (χ0v) is 19.8. The molecule has 174 valence electrons. The van der Waals surface area contributed by atoms with Gasteiger partial charge < -0.3 is 4.74 Å². The number of para-hydroxylation sites is 1. The Labute approximate surface area is 206 Å². The summed E-state index contributed by atoms with van der Waals surface area (Å²) in [6, 6.07) is 27.1. The van der Waals surface area contributed by atoms with E-state index >= 15 is 0 Å². The number of aliphatic imine (C=N–C) groups is 1. The second-order valence-electron chi connectivity index (χ2n) is 7.71. The number of amides is 1. The van der Waals surface area contributed by atoms with E-state index in [2.05, 4.69) is 15.5 Å². The number of aromatic nitrogens is 4. The molecule has 0 bridgehead atoms. The minimum atomic E-state index is -0.144. The van der Waals surface area contributed by atoms with Crippen LogP contribution in [0.5, 0.6) is 5.75 Å². The van der Waals surface area contributed by atoms with Gasteiger partial charge in [-0.1, -0.05) is 72.4 Å². The number of hydrogen-bond acceptors (Lipinski definition) is 7. The fourth-order valence-corrected chi connectivity index (χ4v) is 4.50. The van der Waals surface area contributed by atoms with Gasteiger partial charge >= 0.3 is 0 Å². The molecule has 8 nitrogen and oxygen atoms in total. The molecular formula is C26H22N6O2S. The minimum absolute atomic E-state index is 0.144. The van der Waals surface area contributed by atoms with E-state index in [0.717, 1.165) is 22.6 Å². The molecule has 0 radical (unpaired) electrons. The van der Waals surface area contributed by atoms with Gasteiger partial charge in [-0.15, -0.1) is 5.10 Å². The molecule has 0 saturated carbocycles. The summed E-state index contributed by atoms with van der Waals surface area (Å²) < 4.78 is 6.92. The largest absolute Gasteiger partial charge is 0.497 e. The van der Waals surface area contributed by atoms with Crippen molar-refractivity contribution < 1.29 is 9.53 Å².